The molecule has 1 aromatic rings. The first-order chi connectivity index (χ1) is 7.58. The summed E-state index contributed by atoms with van der Waals surface area (Å²) < 4.78 is 5.39. The van der Waals surface area contributed by atoms with Crippen LogP contribution < -0.4 is 0 Å². The van der Waals surface area contributed by atoms with Gasteiger partial charge in [-0.3, -0.25) is 0 Å². The zero-order valence-corrected chi connectivity index (χ0v) is 10.6. The minimum absolute atomic E-state index is 0.221. The number of aliphatic hydroxyl groups excluding tert-OH is 1. The van der Waals surface area contributed by atoms with E-state index in [1.165, 1.54) is 0 Å². The van der Waals surface area contributed by atoms with E-state index in [-0.39, 0.29) is 12.2 Å². The number of hydrogen-bond donors (Lipinski definition) is 1. The summed E-state index contributed by atoms with van der Waals surface area (Å²) in [6.07, 6.45) is 1.14. The number of ether oxygens (including phenoxy) is 1. The van der Waals surface area contributed by atoms with Gasteiger partial charge in [-0.25, -0.2) is 0 Å². The van der Waals surface area contributed by atoms with E-state index in [4.69, 9.17) is 16.3 Å². The fourth-order valence-electron chi connectivity index (χ4n) is 1.48. The molecule has 0 aliphatic rings. The lowest BCUT2D eigenvalue weighted by Gasteiger charge is -2.12. The molecule has 0 aromatic heterocycles. The number of hydrogen-bond acceptors (Lipinski definition) is 2. The van der Waals surface area contributed by atoms with Crippen molar-refractivity contribution in [1.29, 1.82) is 0 Å². The molecule has 1 atom stereocenters. The van der Waals surface area contributed by atoms with Gasteiger partial charge in [-0.05, 0) is 44.4 Å². The SMILES string of the molecule is CC(C)OCCC(O)Cc1cccc(Cl)c1. The first-order valence-corrected chi connectivity index (χ1v) is 6.00. The molecule has 1 N–H and O–H groups in total. The van der Waals surface area contributed by atoms with Crippen LogP contribution in [-0.4, -0.2) is 23.9 Å². The van der Waals surface area contributed by atoms with Crippen LogP contribution in [0.1, 0.15) is 25.8 Å². The molecule has 1 rings (SSSR count). The van der Waals surface area contributed by atoms with Crippen LogP contribution in [0, 0.1) is 0 Å². The molecule has 0 spiro atoms. The fourth-order valence-corrected chi connectivity index (χ4v) is 1.69. The molecule has 0 saturated heterocycles. The molecule has 0 bridgehead atoms. The Morgan fingerprint density at radius 3 is 2.75 bits per heavy atom. The van der Waals surface area contributed by atoms with E-state index in [9.17, 15) is 5.11 Å². The van der Waals surface area contributed by atoms with E-state index in [0.29, 0.717) is 24.5 Å². The summed E-state index contributed by atoms with van der Waals surface area (Å²) in [7, 11) is 0. The Morgan fingerprint density at radius 1 is 1.38 bits per heavy atom. The smallest absolute Gasteiger partial charge is 0.0602 e. The van der Waals surface area contributed by atoms with Gasteiger partial charge in [-0.2, -0.15) is 0 Å². The van der Waals surface area contributed by atoms with E-state index < -0.39 is 0 Å². The van der Waals surface area contributed by atoms with Crippen molar-refractivity contribution in [2.75, 3.05) is 6.61 Å². The van der Waals surface area contributed by atoms with E-state index in [1.54, 1.807) is 0 Å². The number of rotatable bonds is 6. The molecule has 0 amide bonds. The molecule has 0 aliphatic carbocycles. The third-order valence-electron chi connectivity index (χ3n) is 2.26. The summed E-state index contributed by atoms with van der Waals surface area (Å²) in [4.78, 5) is 0. The van der Waals surface area contributed by atoms with Crippen LogP contribution in [-0.2, 0) is 11.2 Å². The molecule has 2 nitrogen and oxygen atoms in total. The van der Waals surface area contributed by atoms with Crippen LogP contribution in [0.5, 0.6) is 0 Å². The first-order valence-electron chi connectivity index (χ1n) is 5.62. The molecular weight excluding hydrogens is 224 g/mol. The van der Waals surface area contributed by atoms with Gasteiger partial charge in [0.1, 0.15) is 0 Å². The second-order valence-corrected chi connectivity index (χ2v) is 4.63. The first kappa shape index (κ1) is 13.5. The molecule has 3 heteroatoms. The van der Waals surface area contributed by atoms with Crippen LogP contribution in [0.2, 0.25) is 5.02 Å². The van der Waals surface area contributed by atoms with Crippen molar-refractivity contribution >= 4 is 11.6 Å². The van der Waals surface area contributed by atoms with Crippen molar-refractivity contribution in [2.45, 2.75) is 38.9 Å². The molecule has 1 unspecified atom stereocenters. The number of aliphatic hydroxyl groups is 1. The predicted octanol–water partition coefficient (Wildman–Crippen LogP) is 3.06. The second kappa shape index (κ2) is 6.89. The third-order valence-corrected chi connectivity index (χ3v) is 2.50. The van der Waals surface area contributed by atoms with Gasteiger partial charge in [0, 0.05) is 11.6 Å². The standard InChI is InChI=1S/C13H19ClO2/c1-10(2)16-7-6-13(15)9-11-4-3-5-12(14)8-11/h3-5,8,10,13,15H,6-7,9H2,1-2H3. The van der Waals surface area contributed by atoms with E-state index in [1.807, 2.05) is 38.1 Å². The number of halogens is 1. The van der Waals surface area contributed by atoms with Crippen LogP contribution in [0.25, 0.3) is 0 Å². The molecule has 0 radical (unpaired) electrons. The molecule has 0 aliphatic heterocycles. The maximum absolute atomic E-state index is 9.78. The summed E-state index contributed by atoms with van der Waals surface area (Å²) >= 11 is 5.87. The van der Waals surface area contributed by atoms with Crippen molar-refractivity contribution < 1.29 is 9.84 Å². The quantitative estimate of drug-likeness (QED) is 0.831. The molecule has 16 heavy (non-hydrogen) atoms. The van der Waals surface area contributed by atoms with Gasteiger partial charge < -0.3 is 9.84 Å². The van der Waals surface area contributed by atoms with Gasteiger partial charge in [-0.15, -0.1) is 0 Å². The molecule has 90 valence electrons. The van der Waals surface area contributed by atoms with E-state index in [0.717, 1.165) is 5.56 Å². The average Bonchev–Trinajstić information content (AvgIpc) is 2.16. The van der Waals surface area contributed by atoms with Crippen LogP contribution >= 0.6 is 11.6 Å². The van der Waals surface area contributed by atoms with Gasteiger partial charge in [0.15, 0.2) is 0 Å². The van der Waals surface area contributed by atoms with Crippen molar-refractivity contribution in [1.82, 2.24) is 0 Å². The topological polar surface area (TPSA) is 29.5 Å². The summed E-state index contributed by atoms with van der Waals surface area (Å²) in [5.41, 5.74) is 1.06. The summed E-state index contributed by atoms with van der Waals surface area (Å²) in [5, 5.41) is 10.5. The Labute approximate surface area is 102 Å². The number of benzene rings is 1. The maximum atomic E-state index is 9.78. The Bertz CT molecular complexity index is 313. The second-order valence-electron chi connectivity index (χ2n) is 4.20. The molecular formula is C13H19ClO2. The molecule has 0 heterocycles. The summed E-state index contributed by atoms with van der Waals surface area (Å²) in [6, 6.07) is 7.58. The van der Waals surface area contributed by atoms with Gasteiger partial charge in [0.05, 0.1) is 12.2 Å². The molecule has 0 fully saturated rings. The lowest BCUT2D eigenvalue weighted by molar-refractivity contribution is 0.0470. The Hall–Kier alpha value is -0.570. The highest BCUT2D eigenvalue weighted by Gasteiger charge is 2.06. The monoisotopic (exact) mass is 242 g/mol. The van der Waals surface area contributed by atoms with Gasteiger partial charge >= 0.3 is 0 Å². The van der Waals surface area contributed by atoms with Crippen LogP contribution in [0.15, 0.2) is 24.3 Å². The Balaban J connectivity index is 2.31. The zero-order valence-electron chi connectivity index (χ0n) is 9.82. The molecule has 0 saturated carbocycles. The Morgan fingerprint density at radius 2 is 2.12 bits per heavy atom. The minimum Gasteiger partial charge on any atom is -0.393 e. The van der Waals surface area contributed by atoms with Gasteiger partial charge in [-0.1, -0.05) is 23.7 Å². The third kappa shape index (κ3) is 5.50. The van der Waals surface area contributed by atoms with Crippen LogP contribution in [0.3, 0.4) is 0 Å². The maximum Gasteiger partial charge on any atom is 0.0602 e. The lowest BCUT2D eigenvalue weighted by atomic mass is 10.1. The van der Waals surface area contributed by atoms with Gasteiger partial charge in [0.2, 0.25) is 0 Å². The van der Waals surface area contributed by atoms with Crippen molar-refractivity contribution in [3.63, 3.8) is 0 Å². The Kier molecular flexibility index (Phi) is 5.81. The fraction of sp³-hybridized carbons (Fsp3) is 0.538. The minimum atomic E-state index is -0.364. The molecule has 1 aromatic carbocycles. The predicted molar refractivity (Wildman–Crippen MR) is 66.9 cm³/mol. The van der Waals surface area contributed by atoms with Crippen molar-refractivity contribution in [2.24, 2.45) is 0 Å². The summed E-state index contributed by atoms with van der Waals surface area (Å²) in [5.74, 6) is 0. The van der Waals surface area contributed by atoms with Crippen molar-refractivity contribution in [3.8, 4) is 0 Å². The van der Waals surface area contributed by atoms with Crippen LogP contribution in [0.4, 0.5) is 0 Å². The largest absolute Gasteiger partial charge is 0.393 e. The van der Waals surface area contributed by atoms with Gasteiger partial charge in [0.25, 0.3) is 0 Å². The van der Waals surface area contributed by atoms with Crippen molar-refractivity contribution in [3.05, 3.63) is 34.9 Å². The lowest BCUT2D eigenvalue weighted by Crippen LogP contribution is -2.15. The normalized spacial score (nSPS) is 13.1. The highest BCUT2D eigenvalue weighted by molar-refractivity contribution is 6.30. The highest BCUT2D eigenvalue weighted by Crippen LogP contribution is 2.13. The van der Waals surface area contributed by atoms with E-state index in [2.05, 4.69) is 0 Å². The highest BCUT2D eigenvalue weighted by atomic mass is 35.5. The van der Waals surface area contributed by atoms with E-state index >= 15 is 0 Å². The average molecular weight is 243 g/mol. The zero-order chi connectivity index (χ0) is 12.0. The summed E-state index contributed by atoms with van der Waals surface area (Å²) in [6.45, 7) is 4.58.